The van der Waals surface area contributed by atoms with Gasteiger partial charge in [0.2, 0.25) is 0 Å². The Balaban J connectivity index is 2.43. The normalized spacial score (nSPS) is 10.9. The van der Waals surface area contributed by atoms with Crippen LogP contribution < -0.4 is 5.32 Å². The lowest BCUT2D eigenvalue weighted by Gasteiger charge is -2.10. The molecule has 2 aromatic carbocycles. The molecule has 4 N–H and O–H groups in total. The molecule has 108 valence electrons. The first kappa shape index (κ1) is 14.8. The van der Waals surface area contributed by atoms with E-state index in [1.54, 1.807) is 24.3 Å². The first-order chi connectivity index (χ1) is 9.94. The summed E-state index contributed by atoms with van der Waals surface area (Å²) in [6, 6.07) is 10.3. The van der Waals surface area contributed by atoms with Crippen LogP contribution in [0.2, 0.25) is 0 Å². The summed E-state index contributed by atoms with van der Waals surface area (Å²) < 4.78 is 32.0. The Morgan fingerprint density at radius 1 is 0.952 bits per heavy atom. The maximum absolute atomic E-state index is 11.4. The van der Waals surface area contributed by atoms with E-state index in [9.17, 15) is 13.0 Å². The topological polar surface area (TPSA) is 139 Å². The molecule has 0 amide bonds. The molecule has 0 aliphatic carbocycles. The number of hydrogen-bond donors (Lipinski definition) is 4. The van der Waals surface area contributed by atoms with Crippen LogP contribution >= 0.6 is 0 Å². The Morgan fingerprint density at radius 3 is 2.05 bits per heavy atom. The molecule has 0 saturated carbocycles. The maximum Gasteiger partial charge on any atom is 0.296 e. The minimum Gasteiger partial charge on any atom is -0.354 e. The lowest BCUT2D eigenvalue weighted by Crippen LogP contribution is -2.03. The largest absolute Gasteiger partial charge is 0.354 e. The van der Waals surface area contributed by atoms with Gasteiger partial charge in [-0.15, -0.1) is 0 Å². The highest BCUT2D eigenvalue weighted by Gasteiger charge is 2.16. The van der Waals surface area contributed by atoms with Crippen molar-refractivity contribution >= 4 is 32.9 Å². The van der Waals surface area contributed by atoms with Gasteiger partial charge in [0.1, 0.15) is 4.90 Å². The molecule has 0 saturated heterocycles. The van der Waals surface area contributed by atoms with Gasteiger partial charge in [-0.2, -0.15) is 18.6 Å². The number of hydrogen-bond acceptors (Lipinski definition) is 7. The van der Waals surface area contributed by atoms with Crippen molar-refractivity contribution in [1.82, 2.24) is 0 Å². The van der Waals surface area contributed by atoms with Gasteiger partial charge in [-0.25, -0.2) is 11.1 Å². The highest BCUT2D eigenvalue weighted by atomic mass is 32.2. The van der Waals surface area contributed by atoms with E-state index < -0.39 is 10.1 Å². The summed E-state index contributed by atoms with van der Waals surface area (Å²) in [5.74, 6) is 0. The minimum atomic E-state index is -4.45. The van der Waals surface area contributed by atoms with Crippen LogP contribution in [0.5, 0.6) is 0 Å². The standard InChI is InChI=1S/C12H11N5O3S/c13-16-9-3-1-8(2-4-9)15-11-6-5-10(17-14)7-12(11)21(18,19)20/h1-7,13-15H,(H,18,19,20). The van der Waals surface area contributed by atoms with Crippen molar-refractivity contribution in [2.75, 3.05) is 5.32 Å². The fourth-order valence-electron chi connectivity index (χ4n) is 1.67. The van der Waals surface area contributed by atoms with Gasteiger partial charge < -0.3 is 5.32 Å². The molecule has 8 nitrogen and oxygen atoms in total. The summed E-state index contributed by atoms with van der Waals surface area (Å²) in [6.07, 6.45) is 0. The molecule has 2 aromatic rings. The van der Waals surface area contributed by atoms with Crippen LogP contribution in [0.25, 0.3) is 0 Å². The molecule has 0 aliphatic rings. The van der Waals surface area contributed by atoms with Gasteiger partial charge in [-0.05, 0) is 42.5 Å². The van der Waals surface area contributed by atoms with Crippen molar-refractivity contribution in [2.24, 2.45) is 10.2 Å². The van der Waals surface area contributed by atoms with Gasteiger partial charge in [-0.3, -0.25) is 4.55 Å². The molecule has 0 spiro atoms. The SMILES string of the molecule is N=Nc1ccc(Nc2ccc(N=N)cc2S(=O)(=O)O)cc1. The van der Waals surface area contributed by atoms with Gasteiger partial charge in [0.15, 0.2) is 0 Å². The summed E-state index contributed by atoms with van der Waals surface area (Å²) in [5.41, 5.74) is 15.0. The van der Waals surface area contributed by atoms with Gasteiger partial charge in [0.05, 0.1) is 17.1 Å². The number of anilines is 2. The van der Waals surface area contributed by atoms with Crippen molar-refractivity contribution in [3.8, 4) is 0 Å². The first-order valence-corrected chi connectivity index (χ1v) is 7.11. The van der Waals surface area contributed by atoms with E-state index >= 15 is 0 Å². The number of rotatable bonds is 5. The summed E-state index contributed by atoms with van der Waals surface area (Å²) >= 11 is 0. The Morgan fingerprint density at radius 2 is 1.52 bits per heavy atom. The molecule has 0 fully saturated rings. The summed E-state index contributed by atoms with van der Waals surface area (Å²) in [6.45, 7) is 0. The van der Waals surface area contributed by atoms with Crippen molar-refractivity contribution < 1.29 is 13.0 Å². The van der Waals surface area contributed by atoms with Crippen LogP contribution in [0.15, 0.2) is 57.6 Å². The van der Waals surface area contributed by atoms with E-state index in [1.165, 1.54) is 12.1 Å². The van der Waals surface area contributed by atoms with E-state index in [1.807, 2.05) is 0 Å². The Labute approximate surface area is 120 Å². The van der Waals surface area contributed by atoms with Crippen LogP contribution in [0.1, 0.15) is 0 Å². The zero-order valence-corrected chi connectivity index (χ0v) is 11.4. The molecule has 0 aliphatic heterocycles. The van der Waals surface area contributed by atoms with Crippen LogP contribution in [0.3, 0.4) is 0 Å². The predicted molar refractivity (Wildman–Crippen MR) is 75.6 cm³/mol. The molecular weight excluding hydrogens is 294 g/mol. The minimum absolute atomic E-state index is 0.108. The van der Waals surface area contributed by atoms with Gasteiger partial charge in [0, 0.05) is 5.69 Å². The van der Waals surface area contributed by atoms with Gasteiger partial charge in [-0.1, -0.05) is 0 Å². The third kappa shape index (κ3) is 3.46. The second-order valence-corrected chi connectivity index (χ2v) is 5.44. The van der Waals surface area contributed by atoms with E-state index in [0.717, 1.165) is 6.07 Å². The number of benzene rings is 2. The molecular formula is C12H11N5O3S. The molecule has 0 aromatic heterocycles. The summed E-state index contributed by atoms with van der Waals surface area (Å²) in [7, 11) is -4.45. The highest BCUT2D eigenvalue weighted by Crippen LogP contribution is 2.29. The first-order valence-electron chi connectivity index (χ1n) is 5.67. The molecule has 9 heteroatoms. The maximum atomic E-state index is 11.4. The average Bonchev–Trinajstić information content (AvgIpc) is 2.47. The third-order valence-electron chi connectivity index (χ3n) is 2.65. The predicted octanol–water partition coefficient (Wildman–Crippen LogP) is 4.00. The summed E-state index contributed by atoms with van der Waals surface area (Å²) in [4.78, 5) is -0.370. The van der Waals surface area contributed by atoms with E-state index in [2.05, 4.69) is 15.5 Å². The van der Waals surface area contributed by atoms with Crippen LogP contribution in [-0.2, 0) is 10.1 Å². The van der Waals surface area contributed by atoms with Crippen LogP contribution in [0, 0.1) is 11.1 Å². The highest BCUT2D eigenvalue weighted by molar-refractivity contribution is 7.86. The van der Waals surface area contributed by atoms with Gasteiger partial charge in [0.25, 0.3) is 10.1 Å². The zero-order valence-electron chi connectivity index (χ0n) is 10.6. The fourth-order valence-corrected chi connectivity index (χ4v) is 2.34. The number of nitrogens with one attached hydrogen (secondary N) is 3. The Kier molecular flexibility index (Phi) is 4.05. The van der Waals surface area contributed by atoms with Crippen LogP contribution in [0.4, 0.5) is 22.7 Å². The van der Waals surface area contributed by atoms with Crippen LogP contribution in [-0.4, -0.2) is 13.0 Å². The second-order valence-electron chi connectivity index (χ2n) is 4.05. The smallest absolute Gasteiger partial charge is 0.296 e. The second kappa shape index (κ2) is 5.77. The molecule has 0 heterocycles. The van der Waals surface area contributed by atoms with E-state index in [4.69, 9.17) is 11.1 Å². The third-order valence-corrected chi connectivity index (χ3v) is 3.54. The van der Waals surface area contributed by atoms with E-state index in [-0.39, 0.29) is 16.3 Å². The van der Waals surface area contributed by atoms with Gasteiger partial charge >= 0.3 is 0 Å². The molecule has 0 unspecified atom stereocenters. The Bertz CT molecular complexity index is 787. The fraction of sp³-hybridized carbons (Fsp3) is 0. The average molecular weight is 305 g/mol. The molecule has 0 bridgehead atoms. The van der Waals surface area contributed by atoms with Crippen molar-refractivity contribution in [1.29, 1.82) is 11.1 Å². The molecule has 0 radical (unpaired) electrons. The Hall–Kier alpha value is -2.65. The van der Waals surface area contributed by atoms with E-state index in [0.29, 0.717) is 11.4 Å². The van der Waals surface area contributed by atoms with Crippen molar-refractivity contribution in [2.45, 2.75) is 4.90 Å². The lowest BCUT2D eigenvalue weighted by atomic mass is 10.2. The summed E-state index contributed by atoms with van der Waals surface area (Å²) in [5, 5.41) is 9.22. The van der Waals surface area contributed by atoms with Crippen molar-refractivity contribution in [3.05, 3.63) is 42.5 Å². The lowest BCUT2D eigenvalue weighted by molar-refractivity contribution is 0.483. The molecule has 2 rings (SSSR count). The zero-order chi connectivity index (χ0) is 15.5. The quantitative estimate of drug-likeness (QED) is 0.489. The van der Waals surface area contributed by atoms with Crippen molar-refractivity contribution in [3.63, 3.8) is 0 Å². The monoisotopic (exact) mass is 305 g/mol. The number of nitrogens with zero attached hydrogens (tertiary/aromatic N) is 2. The molecule has 0 atom stereocenters. The molecule has 21 heavy (non-hydrogen) atoms.